The van der Waals surface area contributed by atoms with E-state index in [-0.39, 0.29) is 17.5 Å². The standard InChI is InChI=1S/C26H20ClN3O4/c1-15(17-4-6-18(7-5-17)26(32)33)29-25(31)21-12-22-24(34-14-28-22)20-10-11-30(23(20)21)13-16-2-8-19(27)9-3-16/h2-12,14-15H,13H2,1H3,(H,29,31)(H,32,33)/t15-/m0/s1. The van der Waals surface area contributed by atoms with Gasteiger partial charge in [0.2, 0.25) is 0 Å². The molecule has 0 aliphatic rings. The number of amides is 1. The van der Waals surface area contributed by atoms with Crippen LogP contribution in [0.5, 0.6) is 0 Å². The second kappa shape index (κ2) is 8.68. The summed E-state index contributed by atoms with van der Waals surface area (Å²) in [6, 6.07) is 17.3. The maximum Gasteiger partial charge on any atom is 0.335 e. The van der Waals surface area contributed by atoms with Crippen LogP contribution < -0.4 is 5.32 Å². The molecular formula is C26H20ClN3O4. The predicted molar refractivity (Wildman–Crippen MR) is 129 cm³/mol. The summed E-state index contributed by atoms with van der Waals surface area (Å²) in [7, 11) is 0. The molecule has 7 nitrogen and oxygen atoms in total. The number of nitrogens with one attached hydrogen (secondary N) is 1. The molecular weight excluding hydrogens is 454 g/mol. The van der Waals surface area contributed by atoms with E-state index >= 15 is 0 Å². The molecule has 5 aromatic rings. The topological polar surface area (TPSA) is 97.4 Å². The maximum atomic E-state index is 13.4. The summed E-state index contributed by atoms with van der Waals surface area (Å²) >= 11 is 6.02. The van der Waals surface area contributed by atoms with Crippen molar-refractivity contribution in [1.82, 2.24) is 14.9 Å². The van der Waals surface area contributed by atoms with E-state index in [4.69, 9.17) is 21.1 Å². The number of carbonyl (C=O) groups excluding carboxylic acids is 1. The van der Waals surface area contributed by atoms with Gasteiger partial charge in [0.25, 0.3) is 5.91 Å². The van der Waals surface area contributed by atoms with E-state index in [2.05, 4.69) is 10.3 Å². The predicted octanol–water partition coefficient (Wildman–Crippen LogP) is 5.67. The molecule has 0 fully saturated rings. The molecule has 2 heterocycles. The average molecular weight is 474 g/mol. The Bertz CT molecular complexity index is 1520. The fraction of sp³-hybridized carbons (Fsp3) is 0.115. The quantitative estimate of drug-likeness (QED) is 0.331. The number of halogens is 1. The van der Waals surface area contributed by atoms with Gasteiger partial charge in [-0.25, -0.2) is 9.78 Å². The second-order valence-electron chi connectivity index (χ2n) is 8.08. The Labute approximate surface area is 199 Å². The van der Waals surface area contributed by atoms with Crippen molar-refractivity contribution in [3.63, 3.8) is 0 Å². The van der Waals surface area contributed by atoms with Crippen LogP contribution in [0.3, 0.4) is 0 Å². The first kappa shape index (κ1) is 21.7. The van der Waals surface area contributed by atoms with Crippen LogP contribution in [0.1, 0.15) is 44.8 Å². The van der Waals surface area contributed by atoms with Gasteiger partial charge in [0.1, 0.15) is 5.52 Å². The number of hydrogen-bond donors (Lipinski definition) is 2. The molecule has 1 amide bonds. The molecule has 0 radical (unpaired) electrons. The van der Waals surface area contributed by atoms with Crippen molar-refractivity contribution in [2.45, 2.75) is 19.5 Å². The van der Waals surface area contributed by atoms with E-state index in [1.165, 1.54) is 18.5 Å². The van der Waals surface area contributed by atoms with E-state index in [1.807, 2.05) is 48.0 Å². The molecule has 0 unspecified atom stereocenters. The van der Waals surface area contributed by atoms with Crippen molar-refractivity contribution in [1.29, 1.82) is 0 Å². The molecule has 5 rings (SSSR count). The third kappa shape index (κ3) is 4.02. The van der Waals surface area contributed by atoms with Crippen molar-refractivity contribution in [2.24, 2.45) is 0 Å². The van der Waals surface area contributed by atoms with Gasteiger partial charge in [-0.15, -0.1) is 0 Å². The summed E-state index contributed by atoms with van der Waals surface area (Å²) in [6.45, 7) is 2.40. The van der Waals surface area contributed by atoms with Crippen LogP contribution in [0.25, 0.3) is 22.0 Å². The van der Waals surface area contributed by atoms with E-state index in [0.29, 0.717) is 28.2 Å². The van der Waals surface area contributed by atoms with E-state index < -0.39 is 5.97 Å². The van der Waals surface area contributed by atoms with Crippen LogP contribution in [-0.2, 0) is 6.54 Å². The molecule has 34 heavy (non-hydrogen) atoms. The third-order valence-electron chi connectivity index (χ3n) is 5.86. The molecule has 170 valence electrons. The molecule has 2 N–H and O–H groups in total. The molecule has 0 aliphatic carbocycles. The van der Waals surface area contributed by atoms with Gasteiger partial charge in [-0.1, -0.05) is 35.9 Å². The molecule has 2 aromatic heterocycles. The summed E-state index contributed by atoms with van der Waals surface area (Å²) < 4.78 is 7.61. The number of aromatic carboxylic acids is 1. The van der Waals surface area contributed by atoms with Gasteiger partial charge in [-0.2, -0.15) is 0 Å². The van der Waals surface area contributed by atoms with Gasteiger partial charge in [0.15, 0.2) is 12.0 Å². The Balaban J connectivity index is 1.51. The summed E-state index contributed by atoms with van der Waals surface area (Å²) in [6.07, 6.45) is 3.29. The van der Waals surface area contributed by atoms with Crippen molar-refractivity contribution < 1.29 is 19.1 Å². The Hall–Kier alpha value is -4.10. The molecule has 0 bridgehead atoms. The number of aromatic nitrogens is 2. The van der Waals surface area contributed by atoms with E-state index in [1.54, 1.807) is 18.2 Å². The zero-order valence-electron chi connectivity index (χ0n) is 18.2. The van der Waals surface area contributed by atoms with Crippen LogP contribution in [0.2, 0.25) is 5.02 Å². The number of fused-ring (bicyclic) bond motifs is 3. The van der Waals surface area contributed by atoms with Gasteiger partial charge in [0, 0.05) is 23.2 Å². The van der Waals surface area contributed by atoms with E-state index in [0.717, 1.165) is 22.0 Å². The van der Waals surface area contributed by atoms with Gasteiger partial charge in [-0.3, -0.25) is 4.79 Å². The van der Waals surface area contributed by atoms with Gasteiger partial charge >= 0.3 is 5.97 Å². The molecule has 8 heteroatoms. The lowest BCUT2D eigenvalue weighted by Gasteiger charge is -2.16. The Morgan fingerprint density at radius 3 is 2.56 bits per heavy atom. The van der Waals surface area contributed by atoms with Crippen LogP contribution in [0.4, 0.5) is 0 Å². The highest BCUT2D eigenvalue weighted by Crippen LogP contribution is 2.30. The van der Waals surface area contributed by atoms with E-state index in [9.17, 15) is 9.59 Å². The highest BCUT2D eigenvalue weighted by Gasteiger charge is 2.21. The number of carboxylic acid groups (broad SMARTS) is 1. The minimum atomic E-state index is -0.993. The average Bonchev–Trinajstić information content (AvgIpc) is 3.47. The molecule has 0 saturated carbocycles. The minimum absolute atomic E-state index is 0.195. The highest BCUT2D eigenvalue weighted by atomic mass is 35.5. The fourth-order valence-electron chi connectivity index (χ4n) is 4.08. The molecule has 0 spiro atoms. The lowest BCUT2D eigenvalue weighted by molar-refractivity contribution is 0.0696. The summed E-state index contributed by atoms with van der Waals surface area (Å²) in [4.78, 5) is 28.8. The third-order valence-corrected chi connectivity index (χ3v) is 6.11. The second-order valence-corrected chi connectivity index (χ2v) is 8.52. The number of carbonyl (C=O) groups is 2. The lowest BCUT2D eigenvalue weighted by atomic mass is 10.0. The minimum Gasteiger partial charge on any atom is -0.478 e. The first-order valence-corrected chi connectivity index (χ1v) is 11.0. The highest BCUT2D eigenvalue weighted by molar-refractivity contribution is 6.30. The molecule has 0 saturated heterocycles. The SMILES string of the molecule is C[C@H](NC(=O)c1cc2ncoc2c2ccn(Cc3ccc(Cl)cc3)c12)c1ccc(C(=O)O)cc1. The van der Waals surface area contributed by atoms with Gasteiger partial charge in [-0.05, 0) is 54.4 Å². The summed E-state index contributed by atoms with van der Waals surface area (Å²) in [5.41, 5.74) is 4.47. The first-order chi connectivity index (χ1) is 16.4. The number of nitrogens with zero attached hydrogens (tertiary/aromatic N) is 2. The van der Waals surface area contributed by atoms with Gasteiger partial charge in [0.05, 0.1) is 22.7 Å². The Morgan fingerprint density at radius 2 is 1.85 bits per heavy atom. The zero-order valence-corrected chi connectivity index (χ0v) is 18.9. The smallest absolute Gasteiger partial charge is 0.335 e. The largest absolute Gasteiger partial charge is 0.478 e. The van der Waals surface area contributed by atoms with Crippen LogP contribution in [0.15, 0.2) is 77.7 Å². The number of benzene rings is 3. The number of rotatable bonds is 6. The number of hydrogen-bond acceptors (Lipinski definition) is 4. The van der Waals surface area contributed by atoms with Crippen molar-refractivity contribution in [2.75, 3.05) is 0 Å². The van der Waals surface area contributed by atoms with Crippen LogP contribution >= 0.6 is 11.6 Å². The number of carboxylic acids is 1. The normalized spacial score (nSPS) is 12.2. The molecule has 0 aliphatic heterocycles. The Morgan fingerprint density at radius 1 is 1.12 bits per heavy atom. The van der Waals surface area contributed by atoms with Crippen molar-refractivity contribution >= 4 is 45.5 Å². The monoisotopic (exact) mass is 473 g/mol. The Kier molecular flexibility index (Phi) is 5.55. The van der Waals surface area contributed by atoms with Crippen LogP contribution in [-0.4, -0.2) is 26.5 Å². The van der Waals surface area contributed by atoms with Gasteiger partial charge < -0.3 is 19.4 Å². The summed E-state index contributed by atoms with van der Waals surface area (Å²) in [5.74, 6) is -1.26. The molecule has 1 atom stereocenters. The summed E-state index contributed by atoms with van der Waals surface area (Å²) in [5, 5.41) is 13.6. The number of oxazole rings is 1. The van der Waals surface area contributed by atoms with Crippen molar-refractivity contribution in [3.8, 4) is 0 Å². The fourth-order valence-corrected chi connectivity index (χ4v) is 4.21. The van der Waals surface area contributed by atoms with Crippen LogP contribution in [0, 0.1) is 0 Å². The zero-order chi connectivity index (χ0) is 23.8. The maximum absolute atomic E-state index is 13.4. The first-order valence-electron chi connectivity index (χ1n) is 10.6. The van der Waals surface area contributed by atoms with Crippen molar-refractivity contribution in [3.05, 3.63) is 101 Å². The molecule has 3 aromatic carbocycles. The lowest BCUT2D eigenvalue weighted by Crippen LogP contribution is -2.27.